The zero-order valence-electron chi connectivity index (χ0n) is 8.46. The lowest BCUT2D eigenvalue weighted by molar-refractivity contribution is 0.0659. The number of carboxylic acid groups (broad SMARTS) is 1. The van der Waals surface area contributed by atoms with Crippen molar-refractivity contribution in [3.63, 3.8) is 0 Å². The summed E-state index contributed by atoms with van der Waals surface area (Å²) in [5.74, 6) is -1.25. The monoisotopic (exact) mass is 211 g/mol. The van der Waals surface area contributed by atoms with Crippen LogP contribution in [0, 0.1) is 0 Å². The highest BCUT2D eigenvalue weighted by Crippen LogP contribution is 2.31. The van der Waals surface area contributed by atoms with Crippen LogP contribution in [0.2, 0.25) is 0 Å². The summed E-state index contributed by atoms with van der Waals surface area (Å²) < 4.78 is 6.91. The highest BCUT2D eigenvalue weighted by Gasteiger charge is 2.29. The van der Waals surface area contributed by atoms with Gasteiger partial charge < -0.3 is 9.84 Å². The number of aromatic nitrogens is 3. The van der Waals surface area contributed by atoms with Crippen LogP contribution in [0.15, 0.2) is 6.33 Å². The average molecular weight is 211 g/mol. The Morgan fingerprint density at radius 3 is 3.07 bits per heavy atom. The Labute approximate surface area is 86.9 Å². The molecule has 1 saturated carbocycles. The van der Waals surface area contributed by atoms with Crippen LogP contribution in [0.25, 0.3) is 0 Å². The Balaban J connectivity index is 2.18. The Morgan fingerprint density at radius 2 is 2.47 bits per heavy atom. The number of hydrogen-bond donors (Lipinski definition) is 1. The van der Waals surface area contributed by atoms with Gasteiger partial charge in [-0.25, -0.2) is 14.5 Å². The molecular weight excluding hydrogens is 198 g/mol. The fourth-order valence-electron chi connectivity index (χ4n) is 2.02. The van der Waals surface area contributed by atoms with Crippen molar-refractivity contribution < 1.29 is 14.6 Å². The van der Waals surface area contributed by atoms with Crippen LogP contribution in [-0.2, 0) is 4.74 Å². The number of methoxy groups -OCH3 is 1. The molecule has 1 aliphatic carbocycles. The first-order chi connectivity index (χ1) is 7.22. The molecule has 0 spiro atoms. The molecule has 1 heterocycles. The van der Waals surface area contributed by atoms with Crippen LogP contribution in [0.1, 0.15) is 35.9 Å². The van der Waals surface area contributed by atoms with Gasteiger partial charge in [0.2, 0.25) is 0 Å². The topological polar surface area (TPSA) is 77.2 Å². The van der Waals surface area contributed by atoms with Crippen LogP contribution < -0.4 is 0 Å². The Morgan fingerprint density at radius 1 is 1.67 bits per heavy atom. The van der Waals surface area contributed by atoms with Gasteiger partial charge in [-0.1, -0.05) is 0 Å². The molecule has 0 aliphatic heterocycles. The molecular formula is C9H13N3O3. The first-order valence-corrected chi connectivity index (χ1v) is 4.89. The number of hydrogen-bond acceptors (Lipinski definition) is 4. The first kappa shape index (κ1) is 10.1. The average Bonchev–Trinajstić information content (AvgIpc) is 2.85. The Kier molecular flexibility index (Phi) is 2.68. The van der Waals surface area contributed by atoms with Crippen molar-refractivity contribution >= 4 is 5.97 Å². The second-order valence-electron chi connectivity index (χ2n) is 3.63. The SMILES string of the molecule is COC1CCCC1n1cnc(C(=O)O)n1. The smallest absolute Gasteiger partial charge is 0.375 e. The third-order valence-corrected chi connectivity index (χ3v) is 2.76. The van der Waals surface area contributed by atoms with E-state index in [4.69, 9.17) is 9.84 Å². The van der Waals surface area contributed by atoms with Crippen molar-refractivity contribution in [1.82, 2.24) is 14.8 Å². The summed E-state index contributed by atoms with van der Waals surface area (Å²) in [5.41, 5.74) is 0. The van der Waals surface area contributed by atoms with E-state index >= 15 is 0 Å². The van der Waals surface area contributed by atoms with Gasteiger partial charge in [0, 0.05) is 7.11 Å². The highest BCUT2D eigenvalue weighted by molar-refractivity contribution is 5.82. The number of carbonyl (C=O) groups is 1. The summed E-state index contributed by atoms with van der Waals surface area (Å²) in [6.07, 6.45) is 4.61. The molecule has 6 heteroatoms. The number of rotatable bonds is 3. The number of nitrogens with zero attached hydrogens (tertiary/aromatic N) is 3. The molecule has 1 N–H and O–H groups in total. The standard InChI is InChI=1S/C9H13N3O3/c1-15-7-4-2-3-6(7)12-5-10-8(11-12)9(13)14/h5-7H,2-4H2,1H3,(H,13,14). The molecule has 6 nitrogen and oxygen atoms in total. The van der Waals surface area contributed by atoms with Gasteiger partial charge in [-0.05, 0) is 19.3 Å². The predicted octanol–water partition coefficient (Wildman–Crippen LogP) is 0.716. The van der Waals surface area contributed by atoms with Gasteiger partial charge >= 0.3 is 5.97 Å². The number of aromatic carboxylic acids is 1. The van der Waals surface area contributed by atoms with Crippen LogP contribution in [0.3, 0.4) is 0 Å². The van der Waals surface area contributed by atoms with E-state index in [9.17, 15) is 4.79 Å². The highest BCUT2D eigenvalue weighted by atomic mass is 16.5. The van der Waals surface area contributed by atoms with Crippen LogP contribution >= 0.6 is 0 Å². The van der Waals surface area contributed by atoms with Crippen molar-refractivity contribution in [2.75, 3.05) is 7.11 Å². The third-order valence-electron chi connectivity index (χ3n) is 2.76. The summed E-state index contributed by atoms with van der Waals surface area (Å²) in [6.45, 7) is 0. The maximum atomic E-state index is 10.6. The van der Waals surface area contributed by atoms with Gasteiger partial charge in [0.25, 0.3) is 5.82 Å². The van der Waals surface area contributed by atoms with Gasteiger partial charge in [-0.15, -0.1) is 5.10 Å². The van der Waals surface area contributed by atoms with Crippen LogP contribution in [0.4, 0.5) is 0 Å². The van der Waals surface area contributed by atoms with Gasteiger partial charge in [0.05, 0.1) is 12.1 Å². The van der Waals surface area contributed by atoms with Crippen molar-refractivity contribution in [1.29, 1.82) is 0 Å². The molecule has 0 bridgehead atoms. The lowest BCUT2D eigenvalue weighted by Gasteiger charge is -2.17. The van der Waals surface area contributed by atoms with Gasteiger partial charge in [-0.2, -0.15) is 0 Å². The predicted molar refractivity (Wildman–Crippen MR) is 50.7 cm³/mol. The molecule has 15 heavy (non-hydrogen) atoms. The molecule has 0 radical (unpaired) electrons. The van der Waals surface area contributed by atoms with E-state index in [0.717, 1.165) is 19.3 Å². The Bertz CT molecular complexity index is 363. The molecule has 1 aliphatic rings. The van der Waals surface area contributed by atoms with Crippen LogP contribution in [-0.4, -0.2) is 39.1 Å². The molecule has 0 saturated heterocycles. The second-order valence-corrected chi connectivity index (χ2v) is 3.63. The number of ether oxygens (including phenoxy) is 1. The fourth-order valence-corrected chi connectivity index (χ4v) is 2.02. The van der Waals surface area contributed by atoms with Crippen molar-refractivity contribution in [2.45, 2.75) is 31.4 Å². The van der Waals surface area contributed by atoms with E-state index in [1.165, 1.54) is 6.33 Å². The summed E-state index contributed by atoms with van der Waals surface area (Å²) in [6, 6.07) is 0.121. The molecule has 1 aromatic rings. The number of carboxylic acids is 1. The maximum Gasteiger partial charge on any atom is 0.375 e. The summed E-state index contributed by atoms with van der Waals surface area (Å²) >= 11 is 0. The minimum Gasteiger partial charge on any atom is -0.475 e. The zero-order valence-corrected chi connectivity index (χ0v) is 8.46. The zero-order chi connectivity index (χ0) is 10.8. The molecule has 0 amide bonds. The van der Waals surface area contributed by atoms with Gasteiger partial charge in [0.15, 0.2) is 0 Å². The van der Waals surface area contributed by atoms with E-state index in [-0.39, 0.29) is 18.0 Å². The fraction of sp³-hybridized carbons (Fsp3) is 0.667. The summed E-state index contributed by atoms with van der Waals surface area (Å²) in [7, 11) is 1.66. The molecule has 1 fully saturated rings. The second kappa shape index (κ2) is 3.98. The maximum absolute atomic E-state index is 10.6. The lowest BCUT2D eigenvalue weighted by Crippen LogP contribution is -2.21. The van der Waals surface area contributed by atoms with E-state index in [1.54, 1.807) is 11.8 Å². The van der Waals surface area contributed by atoms with Crippen LogP contribution in [0.5, 0.6) is 0 Å². The van der Waals surface area contributed by atoms with Gasteiger partial charge in [0.1, 0.15) is 6.33 Å². The quantitative estimate of drug-likeness (QED) is 0.796. The molecule has 2 unspecified atom stereocenters. The van der Waals surface area contributed by atoms with E-state index in [2.05, 4.69) is 10.1 Å². The van der Waals surface area contributed by atoms with E-state index < -0.39 is 5.97 Å². The van der Waals surface area contributed by atoms with Crippen molar-refractivity contribution in [3.8, 4) is 0 Å². The summed E-state index contributed by atoms with van der Waals surface area (Å²) in [4.78, 5) is 14.3. The Hall–Kier alpha value is -1.43. The molecule has 82 valence electrons. The normalized spacial score (nSPS) is 25.7. The first-order valence-electron chi connectivity index (χ1n) is 4.89. The van der Waals surface area contributed by atoms with Crippen molar-refractivity contribution in [2.24, 2.45) is 0 Å². The van der Waals surface area contributed by atoms with E-state index in [1.807, 2.05) is 0 Å². The van der Waals surface area contributed by atoms with Crippen molar-refractivity contribution in [3.05, 3.63) is 12.2 Å². The van der Waals surface area contributed by atoms with Gasteiger partial charge in [-0.3, -0.25) is 0 Å². The molecule has 0 aromatic carbocycles. The molecule has 2 rings (SSSR count). The molecule has 1 aromatic heterocycles. The third kappa shape index (κ3) is 1.85. The summed E-state index contributed by atoms with van der Waals surface area (Å²) in [5, 5.41) is 12.6. The minimum absolute atomic E-state index is 0.119. The largest absolute Gasteiger partial charge is 0.475 e. The lowest BCUT2D eigenvalue weighted by atomic mass is 10.2. The van der Waals surface area contributed by atoms with E-state index in [0.29, 0.717) is 0 Å². The molecule has 2 atom stereocenters. The minimum atomic E-state index is -1.10.